The standard InChI is InChI=1S/C12H19N3O3/c1-4-8-7-13-15-11(8)14-9(16)5-12(2,3)6-10(17)18/h7H,4-6H2,1-3H3,(H,17,18)(H2,13,14,15,16). The Labute approximate surface area is 106 Å². The van der Waals surface area contributed by atoms with Gasteiger partial charge in [0.15, 0.2) is 0 Å². The fraction of sp³-hybridized carbons (Fsp3) is 0.583. The van der Waals surface area contributed by atoms with Crippen molar-refractivity contribution in [1.82, 2.24) is 10.2 Å². The first-order valence-corrected chi connectivity index (χ1v) is 5.88. The van der Waals surface area contributed by atoms with Gasteiger partial charge in [-0.05, 0) is 11.8 Å². The van der Waals surface area contributed by atoms with E-state index in [0.717, 1.165) is 12.0 Å². The van der Waals surface area contributed by atoms with Gasteiger partial charge in [-0.15, -0.1) is 0 Å². The molecule has 100 valence electrons. The number of aryl methyl sites for hydroxylation is 1. The fourth-order valence-electron chi connectivity index (χ4n) is 1.78. The van der Waals surface area contributed by atoms with E-state index in [2.05, 4.69) is 15.5 Å². The number of carbonyl (C=O) groups excluding carboxylic acids is 1. The predicted molar refractivity (Wildman–Crippen MR) is 67.2 cm³/mol. The van der Waals surface area contributed by atoms with Crippen LogP contribution in [0, 0.1) is 5.41 Å². The highest BCUT2D eigenvalue weighted by molar-refractivity contribution is 5.91. The number of hydrogen-bond acceptors (Lipinski definition) is 3. The van der Waals surface area contributed by atoms with Crippen molar-refractivity contribution < 1.29 is 14.7 Å². The van der Waals surface area contributed by atoms with Gasteiger partial charge in [0.05, 0.1) is 12.6 Å². The van der Waals surface area contributed by atoms with Crippen molar-refractivity contribution in [3.05, 3.63) is 11.8 Å². The third-order valence-electron chi connectivity index (χ3n) is 2.63. The Morgan fingerprint density at radius 1 is 1.44 bits per heavy atom. The number of aromatic nitrogens is 2. The van der Waals surface area contributed by atoms with Crippen molar-refractivity contribution in [2.75, 3.05) is 5.32 Å². The molecule has 1 rings (SSSR count). The molecule has 0 unspecified atom stereocenters. The summed E-state index contributed by atoms with van der Waals surface area (Å²) < 4.78 is 0. The smallest absolute Gasteiger partial charge is 0.303 e. The maximum atomic E-state index is 11.8. The molecular formula is C12H19N3O3. The molecule has 0 radical (unpaired) electrons. The van der Waals surface area contributed by atoms with Gasteiger partial charge in [0, 0.05) is 12.0 Å². The van der Waals surface area contributed by atoms with E-state index in [0.29, 0.717) is 5.82 Å². The van der Waals surface area contributed by atoms with Crippen LogP contribution in [0.5, 0.6) is 0 Å². The molecule has 0 spiro atoms. The Morgan fingerprint density at radius 3 is 2.67 bits per heavy atom. The average molecular weight is 253 g/mol. The van der Waals surface area contributed by atoms with Gasteiger partial charge < -0.3 is 10.4 Å². The SMILES string of the molecule is CCc1cn[nH]c1NC(=O)CC(C)(C)CC(=O)O. The largest absolute Gasteiger partial charge is 0.481 e. The van der Waals surface area contributed by atoms with Crippen molar-refractivity contribution in [3.8, 4) is 0 Å². The lowest BCUT2D eigenvalue weighted by Gasteiger charge is -2.21. The minimum absolute atomic E-state index is 0.0377. The number of aromatic amines is 1. The molecule has 3 N–H and O–H groups in total. The minimum atomic E-state index is -0.899. The Hall–Kier alpha value is -1.85. The van der Waals surface area contributed by atoms with Gasteiger partial charge in [0.1, 0.15) is 5.82 Å². The van der Waals surface area contributed by atoms with Crippen molar-refractivity contribution in [2.45, 2.75) is 40.0 Å². The van der Waals surface area contributed by atoms with Gasteiger partial charge >= 0.3 is 5.97 Å². The number of amides is 1. The average Bonchev–Trinajstić information content (AvgIpc) is 2.61. The van der Waals surface area contributed by atoms with Gasteiger partial charge in [-0.1, -0.05) is 20.8 Å². The van der Waals surface area contributed by atoms with Gasteiger partial charge in [-0.2, -0.15) is 5.10 Å². The molecule has 1 aromatic heterocycles. The topological polar surface area (TPSA) is 95.1 Å². The molecule has 1 heterocycles. The molecule has 1 amide bonds. The van der Waals surface area contributed by atoms with E-state index in [9.17, 15) is 9.59 Å². The number of carbonyl (C=O) groups is 2. The fourth-order valence-corrected chi connectivity index (χ4v) is 1.78. The number of H-pyrrole nitrogens is 1. The highest BCUT2D eigenvalue weighted by Crippen LogP contribution is 2.25. The Balaban J connectivity index is 2.59. The second-order valence-electron chi connectivity index (χ2n) is 5.08. The Bertz CT molecular complexity index is 438. The summed E-state index contributed by atoms with van der Waals surface area (Å²) in [5, 5.41) is 18.0. The molecule has 0 bridgehead atoms. The third-order valence-corrected chi connectivity index (χ3v) is 2.63. The molecule has 1 aromatic rings. The highest BCUT2D eigenvalue weighted by Gasteiger charge is 2.25. The summed E-state index contributed by atoms with van der Waals surface area (Å²) in [6.07, 6.45) is 2.55. The molecular weight excluding hydrogens is 234 g/mol. The van der Waals surface area contributed by atoms with Crippen LogP contribution in [0.2, 0.25) is 0 Å². The molecule has 0 aromatic carbocycles. The first-order valence-electron chi connectivity index (χ1n) is 5.88. The predicted octanol–water partition coefficient (Wildman–Crippen LogP) is 1.80. The van der Waals surface area contributed by atoms with Gasteiger partial charge in [0.2, 0.25) is 5.91 Å². The quantitative estimate of drug-likeness (QED) is 0.720. The van der Waals surface area contributed by atoms with E-state index >= 15 is 0 Å². The zero-order valence-electron chi connectivity index (χ0n) is 10.9. The van der Waals surface area contributed by atoms with Gasteiger partial charge in [0.25, 0.3) is 0 Å². The number of hydrogen-bond donors (Lipinski definition) is 3. The van der Waals surface area contributed by atoms with Crippen molar-refractivity contribution >= 4 is 17.7 Å². The van der Waals surface area contributed by atoms with E-state index in [-0.39, 0.29) is 18.7 Å². The number of anilines is 1. The molecule has 0 saturated carbocycles. The molecule has 0 saturated heterocycles. The summed E-state index contributed by atoms with van der Waals surface area (Å²) in [5.74, 6) is -0.516. The minimum Gasteiger partial charge on any atom is -0.481 e. The van der Waals surface area contributed by atoms with Gasteiger partial charge in [-0.3, -0.25) is 14.7 Å². The van der Waals surface area contributed by atoms with E-state index in [1.807, 2.05) is 6.92 Å². The van der Waals surface area contributed by atoms with Crippen molar-refractivity contribution in [1.29, 1.82) is 0 Å². The lowest BCUT2D eigenvalue weighted by atomic mass is 9.85. The number of rotatable bonds is 6. The van der Waals surface area contributed by atoms with Crippen LogP contribution >= 0.6 is 0 Å². The van der Waals surface area contributed by atoms with Crippen LogP contribution in [0.1, 0.15) is 39.2 Å². The Kier molecular flexibility index (Phi) is 4.47. The summed E-state index contributed by atoms with van der Waals surface area (Å²) in [6, 6.07) is 0. The van der Waals surface area contributed by atoms with Crippen LogP contribution in [-0.2, 0) is 16.0 Å². The summed E-state index contributed by atoms with van der Waals surface area (Å²) in [4.78, 5) is 22.5. The first kappa shape index (κ1) is 14.2. The Morgan fingerprint density at radius 2 is 2.11 bits per heavy atom. The lowest BCUT2D eigenvalue weighted by molar-refractivity contribution is -0.139. The number of nitrogens with one attached hydrogen (secondary N) is 2. The monoisotopic (exact) mass is 253 g/mol. The molecule has 18 heavy (non-hydrogen) atoms. The molecule has 0 aliphatic rings. The summed E-state index contributed by atoms with van der Waals surface area (Å²) in [7, 11) is 0. The number of aliphatic carboxylic acids is 1. The molecule has 0 atom stereocenters. The van der Waals surface area contributed by atoms with E-state index in [4.69, 9.17) is 5.11 Å². The number of carboxylic acid groups (broad SMARTS) is 1. The van der Waals surface area contributed by atoms with Crippen LogP contribution in [-0.4, -0.2) is 27.2 Å². The van der Waals surface area contributed by atoms with Crippen molar-refractivity contribution in [2.24, 2.45) is 5.41 Å². The maximum absolute atomic E-state index is 11.8. The lowest BCUT2D eigenvalue weighted by Crippen LogP contribution is -2.25. The molecule has 0 fully saturated rings. The van der Waals surface area contributed by atoms with Crippen molar-refractivity contribution in [3.63, 3.8) is 0 Å². The van der Waals surface area contributed by atoms with E-state index < -0.39 is 11.4 Å². The normalized spacial score (nSPS) is 11.3. The maximum Gasteiger partial charge on any atom is 0.303 e. The number of carboxylic acids is 1. The van der Waals surface area contributed by atoms with Crippen LogP contribution < -0.4 is 5.32 Å². The zero-order valence-corrected chi connectivity index (χ0v) is 10.9. The summed E-state index contributed by atoms with van der Waals surface area (Å²) in [5.41, 5.74) is 0.363. The van der Waals surface area contributed by atoms with Gasteiger partial charge in [-0.25, -0.2) is 0 Å². The third kappa shape index (κ3) is 4.20. The van der Waals surface area contributed by atoms with Crippen LogP contribution in [0.4, 0.5) is 5.82 Å². The molecule has 6 heteroatoms. The summed E-state index contributed by atoms with van der Waals surface area (Å²) in [6.45, 7) is 5.48. The molecule has 6 nitrogen and oxygen atoms in total. The first-order chi connectivity index (χ1) is 8.34. The van der Waals surface area contributed by atoms with Crippen LogP contribution in [0.25, 0.3) is 0 Å². The number of nitrogens with zero attached hydrogens (tertiary/aromatic N) is 1. The highest BCUT2D eigenvalue weighted by atomic mass is 16.4. The molecule has 0 aliphatic carbocycles. The zero-order chi connectivity index (χ0) is 13.8. The van der Waals surface area contributed by atoms with Crippen LogP contribution in [0.15, 0.2) is 6.20 Å². The van der Waals surface area contributed by atoms with E-state index in [1.165, 1.54) is 0 Å². The molecule has 0 aliphatic heterocycles. The summed E-state index contributed by atoms with van der Waals surface area (Å²) >= 11 is 0. The second-order valence-corrected chi connectivity index (χ2v) is 5.08. The van der Waals surface area contributed by atoms with E-state index in [1.54, 1.807) is 20.0 Å². The second kappa shape index (κ2) is 5.66. The van der Waals surface area contributed by atoms with Crippen LogP contribution in [0.3, 0.4) is 0 Å².